The Hall–Kier alpha value is -2.99. The highest BCUT2D eigenvalue weighted by molar-refractivity contribution is 6.15. The summed E-state index contributed by atoms with van der Waals surface area (Å²) in [6.07, 6.45) is 1.54. The van der Waals surface area contributed by atoms with Crippen molar-refractivity contribution in [3.63, 3.8) is 0 Å². The molecule has 5 nitrogen and oxygen atoms in total. The maximum atomic E-state index is 13.0. The first-order valence-corrected chi connectivity index (χ1v) is 7.52. The van der Waals surface area contributed by atoms with Crippen LogP contribution in [0.5, 0.6) is 11.5 Å². The standard InChI is InChI=1S/C19H15FO5/c1-11-15(24-17(21)10-23-2)8-7-14-18(22)16(25-19(11)14)9-12-3-5-13(20)6-4-12/h3-9H,10H2,1-2H3/b16-9-. The Bertz CT molecular complexity index is 868. The summed E-state index contributed by atoms with van der Waals surface area (Å²) in [5, 5.41) is 0. The lowest BCUT2D eigenvalue weighted by molar-refractivity contribution is -0.138. The molecule has 0 aliphatic carbocycles. The molecule has 3 rings (SSSR count). The lowest BCUT2D eigenvalue weighted by Crippen LogP contribution is -2.14. The van der Waals surface area contributed by atoms with Crippen LogP contribution in [0.25, 0.3) is 6.08 Å². The van der Waals surface area contributed by atoms with Crippen molar-refractivity contribution in [3.05, 3.63) is 64.7 Å². The van der Waals surface area contributed by atoms with Crippen LogP contribution < -0.4 is 9.47 Å². The quantitative estimate of drug-likeness (QED) is 0.485. The van der Waals surface area contributed by atoms with Crippen LogP contribution >= 0.6 is 0 Å². The van der Waals surface area contributed by atoms with Gasteiger partial charge in [-0.25, -0.2) is 9.18 Å². The first-order valence-electron chi connectivity index (χ1n) is 7.52. The number of hydrogen-bond acceptors (Lipinski definition) is 5. The summed E-state index contributed by atoms with van der Waals surface area (Å²) < 4.78 is 28.6. The van der Waals surface area contributed by atoms with Crippen molar-refractivity contribution in [2.24, 2.45) is 0 Å². The summed E-state index contributed by atoms with van der Waals surface area (Å²) in [5.74, 6) is -0.403. The summed E-state index contributed by atoms with van der Waals surface area (Å²) >= 11 is 0. The van der Waals surface area contributed by atoms with Gasteiger partial charge in [0.05, 0.1) is 5.56 Å². The third-order valence-electron chi connectivity index (χ3n) is 3.69. The van der Waals surface area contributed by atoms with Gasteiger partial charge in [-0.15, -0.1) is 0 Å². The predicted molar refractivity (Wildman–Crippen MR) is 88.0 cm³/mol. The van der Waals surface area contributed by atoms with Crippen molar-refractivity contribution in [2.75, 3.05) is 13.7 Å². The highest BCUT2D eigenvalue weighted by atomic mass is 19.1. The van der Waals surface area contributed by atoms with Crippen molar-refractivity contribution in [2.45, 2.75) is 6.92 Å². The maximum absolute atomic E-state index is 13.0. The number of esters is 1. The zero-order valence-electron chi connectivity index (χ0n) is 13.7. The third kappa shape index (κ3) is 3.44. The number of ketones is 1. The average molecular weight is 342 g/mol. The zero-order valence-corrected chi connectivity index (χ0v) is 13.7. The Kier molecular flexibility index (Phi) is 4.63. The topological polar surface area (TPSA) is 61.8 Å². The number of halogens is 1. The van der Waals surface area contributed by atoms with E-state index < -0.39 is 5.97 Å². The van der Waals surface area contributed by atoms with E-state index in [9.17, 15) is 14.0 Å². The molecule has 128 valence electrons. The summed E-state index contributed by atoms with van der Waals surface area (Å²) in [6.45, 7) is 1.52. The van der Waals surface area contributed by atoms with Crippen LogP contribution in [-0.4, -0.2) is 25.5 Å². The fourth-order valence-electron chi connectivity index (χ4n) is 2.46. The average Bonchev–Trinajstić information content (AvgIpc) is 2.90. The largest absolute Gasteiger partial charge is 0.452 e. The highest BCUT2D eigenvalue weighted by Crippen LogP contribution is 2.39. The van der Waals surface area contributed by atoms with Gasteiger partial charge in [-0.05, 0) is 42.8 Å². The molecule has 0 aromatic heterocycles. The number of methoxy groups -OCH3 is 1. The minimum atomic E-state index is -0.544. The summed E-state index contributed by atoms with van der Waals surface area (Å²) in [6, 6.07) is 8.80. The van der Waals surface area contributed by atoms with E-state index in [1.165, 1.54) is 25.3 Å². The highest BCUT2D eigenvalue weighted by Gasteiger charge is 2.30. The summed E-state index contributed by atoms with van der Waals surface area (Å²) in [5.41, 5.74) is 1.57. The van der Waals surface area contributed by atoms with Crippen LogP contribution in [0, 0.1) is 12.7 Å². The molecule has 0 spiro atoms. The Morgan fingerprint density at radius 1 is 1.20 bits per heavy atom. The lowest BCUT2D eigenvalue weighted by Gasteiger charge is -2.09. The Labute approximate surface area is 143 Å². The van der Waals surface area contributed by atoms with Crippen molar-refractivity contribution < 1.29 is 28.2 Å². The number of carbonyl (C=O) groups excluding carboxylic acids is 2. The van der Waals surface area contributed by atoms with E-state index in [2.05, 4.69) is 0 Å². The zero-order chi connectivity index (χ0) is 18.0. The molecule has 0 atom stereocenters. The number of hydrogen-bond donors (Lipinski definition) is 0. The Balaban J connectivity index is 1.89. The molecular formula is C19H15FO5. The van der Waals surface area contributed by atoms with Crippen molar-refractivity contribution in [3.8, 4) is 11.5 Å². The molecule has 1 aliphatic rings. The van der Waals surface area contributed by atoms with Crippen LogP contribution in [0.1, 0.15) is 21.5 Å². The van der Waals surface area contributed by atoms with E-state index in [-0.39, 0.29) is 24.0 Å². The maximum Gasteiger partial charge on any atom is 0.337 e. The fourth-order valence-corrected chi connectivity index (χ4v) is 2.46. The molecule has 0 bridgehead atoms. The van der Waals surface area contributed by atoms with Crippen LogP contribution in [-0.2, 0) is 9.53 Å². The summed E-state index contributed by atoms with van der Waals surface area (Å²) in [7, 11) is 1.39. The molecule has 1 aliphatic heterocycles. The number of allylic oxidation sites excluding steroid dienone is 1. The van der Waals surface area contributed by atoms with Crippen molar-refractivity contribution in [1.29, 1.82) is 0 Å². The van der Waals surface area contributed by atoms with Gasteiger partial charge in [0.25, 0.3) is 0 Å². The monoisotopic (exact) mass is 342 g/mol. The normalized spacial score (nSPS) is 14.4. The molecule has 6 heteroatoms. The van der Waals surface area contributed by atoms with Gasteiger partial charge in [0, 0.05) is 12.7 Å². The summed E-state index contributed by atoms with van der Waals surface area (Å²) in [4.78, 5) is 24.0. The van der Waals surface area contributed by atoms with Gasteiger partial charge in [0.15, 0.2) is 5.76 Å². The van der Waals surface area contributed by atoms with Gasteiger partial charge in [0.2, 0.25) is 5.78 Å². The SMILES string of the molecule is COCC(=O)Oc1ccc2c(c1C)O/C(=C\c1ccc(F)cc1)C2=O. The van der Waals surface area contributed by atoms with Crippen LogP contribution in [0.4, 0.5) is 4.39 Å². The van der Waals surface area contributed by atoms with Gasteiger partial charge in [-0.1, -0.05) is 12.1 Å². The fraction of sp³-hybridized carbons (Fsp3) is 0.158. The minimum absolute atomic E-state index is 0.130. The number of rotatable bonds is 4. The van der Waals surface area contributed by atoms with E-state index in [0.717, 1.165) is 0 Å². The van der Waals surface area contributed by atoms with Gasteiger partial charge in [-0.2, -0.15) is 0 Å². The van der Waals surface area contributed by atoms with Crippen LogP contribution in [0.15, 0.2) is 42.2 Å². The van der Waals surface area contributed by atoms with Crippen molar-refractivity contribution in [1.82, 2.24) is 0 Å². The lowest BCUT2D eigenvalue weighted by atomic mass is 10.1. The minimum Gasteiger partial charge on any atom is -0.452 e. The van der Waals surface area contributed by atoms with E-state index >= 15 is 0 Å². The second kappa shape index (κ2) is 6.86. The molecule has 25 heavy (non-hydrogen) atoms. The van der Waals surface area contributed by atoms with Crippen molar-refractivity contribution >= 4 is 17.8 Å². The van der Waals surface area contributed by atoms with E-state index in [1.54, 1.807) is 31.2 Å². The Morgan fingerprint density at radius 2 is 1.92 bits per heavy atom. The van der Waals surface area contributed by atoms with Gasteiger partial charge in [0.1, 0.15) is 23.9 Å². The molecule has 2 aromatic rings. The molecular weight excluding hydrogens is 327 g/mol. The smallest absolute Gasteiger partial charge is 0.337 e. The second-order valence-corrected chi connectivity index (χ2v) is 5.46. The van der Waals surface area contributed by atoms with E-state index in [0.29, 0.717) is 28.2 Å². The number of Topliss-reactive ketones (excluding diaryl/α,β-unsaturated/α-hetero) is 1. The van der Waals surface area contributed by atoms with Crippen LogP contribution in [0.2, 0.25) is 0 Å². The number of ether oxygens (including phenoxy) is 3. The molecule has 0 saturated carbocycles. The van der Waals surface area contributed by atoms with Gasteiger partial charge in [-0.3, -0.25) is 4.79 Å². The van der Waals surface area contributed by atoms with E-state index in [1.807, 2.05) is 0 Å². The van der Waals surface area contributed by atoms with Gasteiger partial charge >= 0.3 is 5.97 Å². The van der Waals surface area contributed by atoms with E-state index in [4.69, 9.17) is 14.2 Å². The Morgan fingerprint density at radius 3 is 2.60 bits per heavy atom. The molecule has 0 fully saturated rings. The number of benzene rings is 2. The van der Waals surface area contributed by atoms with Crippen LogP contribution in [0.3, 0.4) is 0 Å². The number of carbonyl (C=O) groups is 2. The molecule has 1 heterocycles. The third-order valence-corrected chi connectivity index (χ3v) is 3.69. The predicted octanol–water partition coefficient (Wildman–Crippen LogP) is 3.30. The first kappa shape index (κ1) is 16.9. The molecule has 0 N–H and O–H groups in total. The van der Waals surface area contributed by atoms with Gasteiger partial charge < -0.3 is 14.2 Å². The molecule has 0 radical (unpaired) electrons. The number of fused-ring (bicyclic) bond motifs is 1. The second-order valence-electron chi connectivity index (χ2n) is 5.46. The first-order chi connectivity index (χ1) is 12.0. The molecule has 0 saturated heterocycles. The molecule has 2 aromatic carbocycles. The molecule has 0 amide bonds. The molecule has 0 unspecified atom stereocenters.